The molecule has 30 heavy (non-hydrogen) atoms. The van der Waals surface area contributed by atoms with E-state index in [1.807, 2.05) is 11.8 Å². The van der Waals surface area contributed by atoms with Crippen molar-refractivity contribution in [2.75, 3.05) is 68.8 Å². The van der Waals surface area contributed by atoms with E-state index in [0.29, 0.717) is 12.5 Å². The fourth-order valence-electron chi connectivity index (χ4n) is 3.94. The van der Waals surface area contributed by atoms with Crippen LogP contribution in [0.25, 0.3) is 0 Å². The molecule has 2 N–H and O–H groups in total. The molecule has 1 atom stereocenters. The molecule has 2 aliphatic rings. The molecule has 0 aromatic heterocycles. The molecule has 168 valence electrons. The highest BCUT2D eigenvalue weighted by molar-refractivity contribution is 7.99. The number of aliphatic imine (C=N–C) groups is 1. The van der Waals surface area contributed by atoms with E-state index in [-0.39, 0.29) is 6.10 Å². The normalized spacial score (nSPS) is 21.1. The van der Waals surface area contributed by atoms with E-state index >= 15 is 0 Å². The van der Waals surface area contributed by atoms with Gasteiger partial charge in [0.05, 0.1) is 19.3 Å². The Morgan fingerprint density at radius 2 is 1.93 bits per heavy atom. The lowest BCUT2D eigenvalue weighted by molar-refractivity contribution is -0.0284. The summed E-state index contributed by atoms with van der Waals surface area (Å²) < 4.78 is 5.96. The minimum atomic E-state index is 0.211. The van der Waals surface area contributed by atoms with Gasteiger partial charge in [0.25, 0.3) is 0 Å². The first-order chi connectivity index (χ1) is 14.6. The molecule has 7 heteroatoms. The summed E-state index contributed by atoms with van der Waals surface area (Å²) in [6, 6.07) is 8.89. The van der Waals surface area contributed by atoms with E-state index in [1.54, 1.807) is 0 Å². The monoisotopic (exact) mass is 433 g/mol. The number of morpholine rings is 1. The molecule has 2 fully saturated rings. The molecule has 1 aromatic carbocycles. The highest BCUT2D eigenvalue weighted by Crippen LogP contribution is 2.20. The topological polar surface area (TPSA) is 52.1 Å². The SMILES string of the molecule is CCNC(=NCc1ccc(N2CCSCC2)cc1)NCC1CN(CC(C)C)CCO1. The van der Waals surface area contributed by atoms with Crippen molar-refractivity contribution in [2.24, 2.45) is 10.9 Å². The van der Waals surface area contributed by atoms with Gasteiger partial charge >= 0.3 is 0 Å². The maximum absolute atomic E-state index is 5.96. The zero-order valence-electron chi connectivity index (χ0n) is 18.9. The maximum atomic E-state index is 5.96. The van der Waals surface area contributed by atoms with Crippen LogP contribution in [-0.2, 0) is 11.3 Å². The summed E-state index contributed by atoms with van der Waals surface area (Å²) in [6.45, 7) is 15.2. The molecule has 0 spiro atoms. The van der Waals surface area contributed by atoms with Gasteiger partial charge in [0, 0.05) is 63.0 Å². The third-order valence-corrected chi connectivity index (χ3v) is 6.36. The Balaban J connectivity index is 1.49. The van der Waals surface area contributed by atoms with E-state index in [1.165, 1.54) is 22.8 Å². The molecule has 2 aliphatic heterocycles. The highest BCUT2D eigenvalue weighted by Gasteiger charge is 2.21. The van der Waals surface area contributed by atoms with Crippen molar-refractivity contribution in [2.45, 2.75) is 33.4 Å². The van der Waals surface area contributed by atoms with E-state index in [9.17, 15) is 0 Å². The molecule has 0 amide bonds. The maximum Gasteiger partial charge on any atom is 0.191 e. The summed E-state index contributed by atoms with van der Waals surface area (Å²) in [4.78, 5) is 9.77. The summed E-state index contributed by atoms with van der Waals surface area (Å²) in [7, 11) is 0. The standard InChI is InChI=1S/C23H39N5OS/c1-4-24-23(26-16-22-18-27(9-12-29-22)17-19(2)3)25-15-20-5-7-21(8-6-20)28-10-13-30-14-11-28/h5-8,19,22H,4,9-18H2,1-3H3,(H2,24,25,26). The van der Waals surface area contributed by atoms with Crippen molar-refractivity contribution in [1.82, 2.24) is 15.5 Å². The average Bonchev–Trinajstić information content (AvgIpc) is 2.76. The first-order valence-corrected chi connectivity index (χ1v) is 12.6. The first-order valence-electron chi connectivity index (χ1n) is 11.4. The summed E-state index contributed by atoms with van der Waals surface area (Å²) in [6.07, 6.45) is 0.211. The van der Waals surface area contributed by atoms with E-state index < -0.39 is 0 Å². The Bertz CT molecular complexity index is 645. The number of hydrogen-bond donors (Lipinski definition) is 2. The van der Waals surface area contributed by atoms with Gasteiger partial charge in [0.1, 0.15) is 0 Å². The number of ether oxygens (including phenoxy) is 1. The van der Waals surface area contributed by atoms with Crippen LogP contribution in [0.4, 0.5) is 5.69 Å². The third kappa shape index (κ3) is 7.67. The van der Waals surface area contributed by atoms with Crippen LogP contribution in [-0.4, -0.2) is 80.9 Å². The van der Waals surface area contributed by atoms with Gasteiger partial charge in [-0.25, -0.2) is 4.99 Å². The number of anilines is 1. The molecule has 1 aromatic rings. The number of thioether (sulfide) groups is 1. The average molecular weight is 434 g/mol. The van der Waals surface area contributed by atoms with Crippen LogP contribution in [0.2, 0.25) is 0 Å². The molecule has 2 heterocycles. The molecular weight excluding hydrogens is 394 g/mol. The molecular formula is C23H39N5OS. The Morgan fingerprint density at radius 1 is 1.17 bits per heavy atom. The van der Waals surface area contributed by atoms with Gasteiger partial charge in [-0.3, -0.25) is 4.90 Å². The van der Waals surface area contributed by atoms with Gasteiger partial charge in [0.15, 0.2) is 5.96 Å². The van der Waals surface area contributed by atoms with Gasteiger partial charge in [-0.05, 0) is 30.5 Å². The van der Waals surface area contributed by atoms with Crippen molar-refractivity contribution < 1.29 is 4.74 Å². The Labute approximate surface area is 186 Å². The summed E-state index contributed by atoms with van der Waals surface area (Å²) in [5, 5.41) is 6.83. The number of guanidine groups is 1. The van der Waals surface area contributed by atoms with E-state index in [0.717, 1.165) is 58.4 Å². The Kier molecular flexibility index (Phi) is 9.62. The predicted molar refractivity (Wildman–Crippen MR) is 130 cm³/mol. The van der Waals surface area contributed by atoms with Crippen molar-refractivity contribution >= 4 is 23.4 Å². The third-order valence-electron chi connectivity index (χ3n) is 5.42. The number of rotatable bonds is 8. The van der Waals surface area contributed by atoms with Gasteiger partial charge in [-0.1, -0.05) is 26.0 Å². The smallest absolute Gasteiger partial charge is 0.191 e. The Hall–Kier alpha value is -1.44. The number of nitrogens with one attached hydrogen (secondary N) is 2. The van der Waals surface area contributed by atoms with Crippen molar-refractivity contribution in [3.63, 3.8) is 0 Å². The van der Waals surface area contributed by atoms with Gasteiger partial charge in [-0.2, -0.15) is 11.8 Å². The van der Waals surface area contributed by atoms with Crippen LogP contribution < -0.4 is 15.5 Å². The Morgan fingerprint density at radius 3 is 2.63 bits per heavy atom. The fraction of sp³-hybridized carbons (Fsp3) is 0.696. The van der Waals surface area contributed by atoms with Gasteiger partial charge in [-0.15, -0.1) is 0 Å². The zero-order valence-corrected chi connectivity index (χ0v) is 19.7. The number of nitrogens with zero attached hydrogens (tertiary/aromatic N) is 3. The fourth-order valence-corrected chi connectivity index (χ4v) is 4.85. The second-order valence-corrected chi connectivity index (χ2v) is 9.71. The van der Waals surface area contributed by atoms with Gasteiger partial charge in [0.2, 0.25) is 0 Å². The van der Waals surface area contributed by atoms with Crippen LogP contribution >= 0.6 is 11.8 Å². The molecule has 6 nitrogen and oxygen atoms in total. The summed E-state index contributed by atoms with van der Waals surface area (Å²) >= 11 is 2.04. The van der Waals surface area contributed by atoms with Crippen molar-refractivity contribution in [3.05, 3.63) is 29.8 Å². The second kappa shape index (κ2) is 12.4. The highest BCUT2D eigenvalue weighted by atomic mass is 32.2. The second-order valence-electron chi connectivity index (χ2n) is 8.49. The quantitative estimate of drug-likeness (QED) is 0.486. The largest absolute Gasteiger partial charge is 0.374 e. The molecule has 0 saturated carbocycles. The molecule has 0 aliphatic carbocycles. The molecule has 0 radical (unpaired) electrons. The molecule has 1 unspecified atom stereocenters. The van der Waals surface area contributed by atoms with E-state index in [2.05, 4.69) is 65.5 Å². The van der Waals surface area contributed by atoms with Crippen LogP contribution in [0.5, 0.6) is 0 Å². The van der Waals surface area contributed by atoms with Crippen LogP contribution in [0.1, 0.15) is 26.3 Å². The number of benzene rings is 1. The zero-order chi connectivity index (χ0) is 21.2. The summed E-state index contributed by atoms with van der Waals surface area (Å²) in [5.74, 6) is 4.00. The minimum Gasteiger partial charge on any atom is -0.374 e. The molecule has 2 saturated heterocycles. The summed E-state index contributed by atoms with van der Waals surface area (Å²) in [5.41, 5.74) is 2.56. The molecule has 0 bridgehead atoms. The number of hydrogen-bond acceptors (Lipinski definition) is 5. The predicted octanol–water partition coefficient (Wildman–Crippen LogP) is 2.65. The lowest BCUT2D eigenvalue weighted by atomic mass is 10.2. The van der Waals surface area contributed by atoms with Crippen LogP contribution in [0.15, 0.2) is 29.3 Å². The van der Waals surface area contributed by atoms with E-state index in [4.69, 9.17) is 9.73 Å². The van der Waals surface area contributed by atoms with Crippen LogP contribution in [0.3, 0.4) is 0 Å². The lowest BCUT2D eigenvalue weighted by Gasteiger charge is -2.34. The van der Waals surface area contributed by atoms with Crippen molar-refractivity contribution in [3.8, 4) is 0 Å². The van der Waals surface area contributed by atoms with Crippen LogP contribution in [0, 0.1) is 5.92 Å². The first kappa shape index (κ1) is 23.2. The van der Waals surface area contributed by atoms with Gasteiger partial charge < -0.3 is 20.3 Å². The molecule has 3 rings (SSSR count). The lowest BCUT2D eigenvalue weighted by Crippen LogP contribution is -2.50. The minimum absolute atomic E-state index is 0.211. The van der Waals surface area contributed by atoms with Crippen molar-refractivity contribution in [1.29, 1.82) is 0 Å².